The van der Waals surface area contributed by atoms with Gasteiger partial charge in [-0.05, 0) is 60.9 Å². The molecule has 0 aliphatic carbocycles. The van der Waals surface area contributed by atoms with Crippen LogP contribution in [0.4, 0.5) is 17.6 Å². The number of pyridine rings is 1. The van der Waals surface area contributed by atoms with Gasteiger partial charge in [0.05, 0.1) is 28.6 Å². The summed E-state index contributed by atoms with van der Waals surface area (Å²) in [5.41, 5.74) is -0.682. The van der Waals surface area contributed by atoms with E-state index in [9.17, 15) is 39.2 Å². The van der Waals surface area contributed by atoms with Crippen LogP contribution in [-0.4, -0.2) is 54.6 Å². The number of benzene rings is 2. The Balaban J connectivity index is 1.42. The number of carbonyl (C=O) groups is 1. The quantitative estimate of drug-likeness (QED) is 0.208. The normalized spacial score (nSPS) is 16.0. The number of rotatable bonds is 9. The van der Waals surface area contributed by atoms with Gasteiger partial charge in [-0.2, -0.15) is 17.5 Å². The van der Waals surface area contributed by atoms with Crippen LogP contribution in [0.15, 0.2) is 89.0 Å². The van der Waals surface area contributed by atoms with Crippen LogP contribution in [0.25, 0.3) is 11.3 Å². The van der Waals surface area contributed by atoms with Crippen molar-refractivity contribution in [3.63, 3.8) is 0 Å². The second kappa shape index (κ2) is 12.6. The average Bonchev–Trinajstić information content (AvgIpc) is 3.51. The van der Waals surface area contributed by atoms with Crippen LogP contribution in [0.5, 0.6) is 0 Å². The zero-order valence-corrected chi connectivity index (χ0v) is 24.9. The molecule has 1 fully saturated rings. The summed E-state index contributed by atoms with van der Waals surface area (Å²) in [5, 5.41) is 1.97. The van der Waals surface area contributed by atoms with Crippen molar-refractivity contribution in [3.8, 4) is 11.3 Å². The highest BCUT2D eigenvalue weighted by molar-refractivity contribution is 7.90. The third kappa shape index (κ3) is 7.34. The lowest BCUT2D eigenvalue weighted by atomic mass is 10.1. The Morgan fingerprint density at radius 2 is 1.67 bits per heavy atom. The monoisotopic (exact) mass is 663 g/mol. The van der Waals surface area contributed by atoms with Gasteiger partial charge in [-0.25, -0.2) is 31.2 Å². The van der Waals surface area contributed by atoms with Crippen LogP contribution >= 0.6 is 0 Å². The van der Waals surface area contributed by atoms with Crippen molar-refractivity contribution < 1.29 is 39.2 Å². The lowest BCUT2D eigenvalue weighted by Crippen LogP contribution is -2.45. The van der Waals surface area contributed by atoms with Crippen molar-refractivity contribution in [2.75, 3.05) is 6.54 Å². The van der Waals surface area contributed by atoms with E-state index in [1.165, 1.54) is 6.07 Å². The van der Waals surface area contributed by atoms with Crippen molar-refractivity contribution in [2.45, 2.75) is 47.4 Å². The minimum atomic E-state index is -4.69. The Bertz CT molecular complexity index is 1910. The fourth-order valence-corrected chi connectivity index (χ4v) is 7.66. The zero-order chi connectivity index (χ0) is 32.4. The molecule has 1 aliphatic rings. The SMILES string of the molecule is O=C(NCc1cc(-c2ccc(C(F)(F)F)nc2)nc(S(=O)(=O)Cc2ccccc2)n1)[C@@H]1CCCN1S(=O)(=O)c1ccc(F)cc1. The number of aromatic nitrogens is 3. The van der Waals surface area contributed by atoms with Crippen molar-refractivity contribution in [3.05, 3.63) is 102 Å². The zero-order valence-electron chi connectivity index (χ0n) is 23.3. The summed E-state index contributed by atoms with van der Waals surface area (Å²) in [6.07, 6.45) is -3.20. The Labute approximate surface area is 256 Å². The van der Waals surface area contributed by atoms with Gasteiger partial charge in [0.2, 0.25) is 30.9 Å². The van der Waals surface area contributed by atoms with Crippen LogP contribution in [0.2, 0.25) is 0 Å². The van der Waals surface area contributed by atoms with Crippen molar-refractivity contribution >= 4 is 25.8 Å². The first-order chi connectivity index (χ1) is 21.2. The first kappa shape index (κ1) is 32.1. The molecule has 45 heavy (non-hydrogen) atoms. The molecule has 236 valence electrons. The molecule has 4 aromatic rings. The second-order valence-electron chi connectivity index (χ2n) is 10.1. The average molecular weight is 664 g/mol. The minimum absolute atomic E-state index is 0.00539. The molecule has 1 N–H and O–H groups in total. The van der Waals surface area contributed by atoms with Gasteiger partial charge in [0.15, 0.2) is 0 Å². The Hall–Kier alpha value is -4.28. The Morgan fingerprint density at radius 3 is 2.31 bits per heavy atom. The van der Waals surface area contributed by atoms with Gasteiger partial charge in [-0.1, -0.05) is 30.3 Å². The predicted molar refractivity (Wildman–Crippen MR) is 153 cm³/mol. The third-order valence-electron chi connectivity index (χ3n) is 6.96. The standard InChI is InChI=1S/C29H25F4N5O5S2/c30-21-9-11-23(12-10-21)45(42,43)38-14-4-7-25(38)27(39)35-17-22-15-24(20-8-13-26(34-16-20)29(31,32)33)37-28(36-22)44(40,41)18-19-5-2-1-3-6-19/h1-3,5-6,8-13,15-16,25H,4,7,14,17-18H2,(H,35,39)/t25-/m0/s1. The molecule has 1 atom stereocenters. The molecule has 5 rings (SSSR count). The second-order valence-corrected chi connectivity index (χ2v) is 13.9. The molecular formula is C29H25F4N5O5S2. The molecule has 1 saturated heterocycles. The van der Waals surface area contributed by atoms with Crippen LogP contribution in [0.1, 0.15) is 29.8 Å². The summed E-state index contributed by atoms with van der Waals surface area (Å²) in [4.78, 5) is 24.7. The summed E-state index contributed by atoms with van der Waals surface area (Å²) in [7, 11) is -8.29. The lowest BCUT2D eigenvalue weighted by Gasteiger charge is -2.23. The summed E-state index contributed by atoms with van der Waals surface area (Å²) < 4.78 is 107. The van der Waals surface area contributed by atoms with Gasteiger partial charge in [-0.15, -0.1) is 0 Å². The molecule has 10 nitrogen and oxygen atoms in total. The molecule has 0 bridgehead atoms. The number of alkyl halides is 3. The van der Waals surface area contributed by atoms with E-state index >= 15 is 0 Å². The molecule has 0 saturated carbocycles. The molecule has 1 aliphatic heterocycles. The summed E-state index contributed by atoms with van der Waals surface area (Å²) in [6, 6.07) is 14.4. The van der Waals surface area contributed by atoms with Crippen LogP contribution < -0.4 is 5.32 Å². The first-order valence-corrected chi connectivity index (χ1v) is 16.6. The first-order valence-electron chi connectivity index (χ1n) is 13.5. The highest BCUT2D eigenvalue weighted by atomic mass is 32.2. The topological polar surface area (TPSA) is 139 Å². The van der Waals surface area contributed by atoms with E-state index in [1.54, 1.807) is 30.3 Å². The van der Waals surface area contributed by atoms with Gasteiger partial charge in [-0.3, -0.25) is 9.78 Å². The highest BCUT2D eigenvalue weighted by Crippen LogP contribution is 2.30. The number of amides is 1. The molecule has 0 spiro atoms. The van der Waals surface area contributed by atoms with Crippen molar-refractivity contribution in [1.29, 1.82) is 0 Å². The predicted octanol–water partition coefficient (Wildman–Crippen LogP) is 4.14. The maximum Gasteiger partial charge on any atom is 0.433 e. The number of sulfone groups is 1. The number of nitrogens with one attached hydrogen (secondary N) is 1. The Kier molecular flexibility index (Phi) is 9.00. The molecule has 1 amide bonds. The molecule has 2 aromatic heterocycles. The van der Waals surface area contributed by atoms with Gasteiger partial charge < -0.3 is 5.32 Å². The molecule has 2 aromatic carbocycles. The number of hydrogen-bond donors (Lipinski definition) is 1. The number of carbonyl (C=O) groups excluding carboxylic acids is 1. The largest absolute Gasteiger partial charge is 0.433 e. The van der Waals surface area contributed by atoms with Crippen LogP contribution in [0, 0.1) is 5.82 Å². The molecule has 3 heterocycles. The van der Waals surface area contributed by atoms with E-state index in [0.29, 0.717) is 12.0 Å². The number of sulfonamides is 1. The van der Waals surface area contributed by atoms with Gasteiger partial charge in [0.1, 0.15) is 17.6 Å². The highest BCUT2D eigenvalue weighted by Gasteiger charge is 2.39. The maximum atomic E-state index is 13.4. The lowest BCUT2D eigenvalue weighted by molar-refractivity contribution is -0.141. The summed E-state index contributed by atoms with van der Waals surface area (Å²) in [6.45, 7) is -0.296. The third-order valence-corrected chi connectivity index (χ3v) is 10.3. The molecule has 0 radical (unpaired) electrons. The number of halogens is 4. The Morgan fingerprint density at radius 1 is 0.956 bits per heavy atom. The fraction of sp³-hybridized carbons (Fsp3) is 0.241. The van der Waals surface area contributed by atoms with E-state index in [-0.39, 0.29) is 41.4 Å². The van der Waals surface area contributed by atoms with Gasteiger partial charge in [0.25, 0.3) is 0 Å². The summed E-state index contributed by atoms with van der Waals surface area (Å²) in [5.74, 6) is -1.76. The minimum Gasteiger partial charge on any atom is -0.349 e. The number of hydrogen-bond acceptors (Lipinski definition) is 8. The van der Waals surface area contributed by atoms with E-state index < -0.39 is 60.4 Å². The van der Waals surface area contributed by atoms with E-state index in [4.69, 9.17) is 0 Å². The van der Waals surface area contributed by atoms with Crippen LogP contribution in [0.3, 0.4) is 0 Å². The van der Waals surface area contributed by atoms with Crippen LogP contribution in [-0.2, 0) is 43.1 Å². The smallest absolute Gasteiger partial charge is 0.349 e. The van der Waals surface area contributed by atoms with Gasteiger partial charge in [0, 0.05) is 18.3 Å². The van der Waals surface area contributed by atoms with Crippen molar-refractivity contribution in [1.82, 2.24) is 24.6 Å². The number of nitrogens with zero attached hydrogens (tertiary/aromatic N) is 4. The van der Waals surface area contributed by atoms with E-state index in [1.807, 2.05) is 0 Å². The molecule has 0 unspecified atom stereocenters. The maximum absolute atomic E-state index is 13.4. The molecular weight excluding hydrogens is 638 g/mol. The summed E-state index contributed by atoms with van der Waals surface area (Å²) >= 11 is 0. The fourth-order valence-electron chi connectivity index (χ4n) is 4.75. The molecule has 16 heteroatoms. The van der Waals surface area contributed by atoms with E-state index in [2.05, 4.69) is 20.3 Å². The van der Waals surface area contributed by atoms with E-state index in [0.717, 1.165) is 46.9 Å². The van der Waals surface area contributed by atoms with Gasteiger partial charge >= 0.3 is 6.18 Å². The van der Waals surface area contributed by atoms with Crippen molar-refractivity contribution in [2.24, 2.45) is 0 Å².